The van der Waals surface area contributed by atoms with Crippen LogP contribution in [0, 0.1) is 17.3 Å². The number of carbonyl (C=O) groups is 2. The third-order valence-corrected chi connectivity index (χ3v) is 7.59. The second-order valence-electron chi connectivity index (χ2n) is 9.21. The quantitative estimate of drug-likeness (QED) is 0.882. The molecule has 4 aliphatic rings. The van der Waals surface area contributed by atoms with Gasteiger partial charge in [0, 0.05) is 30.3 Å². The molecule has 2 amide bonds. The van der Waals surface area contributed by atoms with Gasteiger partial charge in [0.2, 0.25) is 5.91 Å². The van der Waals surface area contributed by atoms with Gasteiger partial charge in [0.15, 0.2) is 0 Å². The minimum atomic E-state index is -0.212. The van der Waals surface area contributed by atoms with E-state index in [4.69, 9.17) is 9.15 Å². The van der Waals surface area contributed by atoms with E-state index in [2.05, 4.69) is 12.2 Å². The number of hydrogen-bond donors (Lipinski definition) is 1. The Bertz CT molecular complexity index is 739. The van der Waals surface area contributed by atoms with Crippen LogP contribution >= 0.6 is 0 Å². The fourth-order valence-corrected chi connectivity index (χ4v) is 5.99. The van der Waals surface area contributed by atoms with Gasteiger partial charge in [0.1, 0.15) is 6.26 Å². The fraction of sp³-hybridized carbons (Fsp3) is 0.714. The van der Waals surface area contributed by atoms with Crippen LogP contribution in [0.15, 0.2) is 23.0 Å². The zero-order valence-electron chi connectivity index (χ0n) is 15.9. The average molecular weight is 372 g/mol. The van der Waals surface area contributed by atoms with Crippen molar-refractivity contribution >= 4 is 11.8 Å². The molecule has 3 aliphatic heterocycles. The third-order valence-electron chi connectivity index (χ3n) is 7.59. The van der Waals surface area contributed by atoms with E-state index in [1.165, 1.54) is 12.5 Å². The van der Waals surface area contributed by atoms with Crippen LogP contribution in [0.5, 0.6) is 0 Å². The molecule has 146 valence electrons. The lowest BCUT2D eigenvalue weighted by atomic mass is 9.73. The highest BCUT2D eigenvalue weighted by molar-refractivity contribution is 5.94. The molecule has 4 fully saturated rings. The van der Waals surface area contributed by atoms with Crippen LogP contribution in [-0.4, -0.2) is 48.1 Å². The zero-order valence-corrected chi connectivity index (χ0v) is 15.9. The molecule has 4 atom stereocenters. The van der Waals surface area contributed by atoms with Crippen molar-refractivity contribution in [1.29, 1.82) is 0 Å². The first-order valence-corrected chi connectivity index (χ1v) is 10.3. The van der Waals surface area contributed by atoms with Crippen molar-refractivity contribution in [2.75, 3.05) is 19.6 Å². The first kappa shape index (κ1) is 17.3. The predicted molar refractivity (Wildman–Crippen MR) is 98.0 cm³/mol. The summed E-state index contributed by atoms with van der Waals surface area (Å²) in [4.78, 5) is 27.4. The topological polar surface area (TPSA) is 71.8 Å². The normalized spacial score (nSPS) is 36.2. The smallest absolute Gasteiger partial charge is 0.257 e. The Morgan fingerprint density at radius 3 is 2.85 bits per heavy atom. The molecule has 0 radical (unpaired) electrons. The highest BCUT2D eigenvalue weighted by Gasteiger charge is 2.63. The van der Waals surface area contributed by atoms with Gasteiger partial charge in [0.05, 0.1) is 30.1 Å². The maximum Gasteiger partial charge on any atom is 0.257 e. The first-order chi connectivity index (χ1) is 13.0. The number of hydrogen-bond acceptors (Lipinski definition) is 4. The Kier molecular flexibility index (Phi) is 3.90. The van der Waals surface area contributed by atoms with Crippen LogP contribution in [-0.2, 0) is 9.53 Å². The lowest BCUT2D eigenvalue weighted by molar-refractivity contribution is -0.130. The van der Waals surface area contributed by atoms with Crippen molar-refractivity contribution in [3.63, 3.8) is 0 Å². The van der Waals surface area contributed by atoms with Gasteiger partial charge in [-0.25, -0.2) is 0 Å². The Labute approximate surface area is 159 Å². The molecule has 1 saturated carbocycles. The molecular formula is C21H28N2O4. The van der Waals surface area contributed by atoms with Gasteiger partial charge in [-0.3, -0.25) is 9.59 Å². The molecule has 5 rings (SSSR count). The Morgan fingerprint density at radius 1 is 1.30 bits per heavy atom. The van der Waals surface area contributed by atoms with E-state index in [1.54, 1.807) is 6.07 Å². The highest BCUT2D eigenvalue weighted by Crippen LogP contribution is 2.54. The van der Waals surface area contributed by atoms with Gasteiger partial charge >= 0.3 is 0 Å². The van der Waals surface area contributed by atoms with Crippen LogP contribution in [0.2, 0.25) is 0 Å². The highest BCUT2D eigenvalue weighted by atomic mass is 16.5. The summed E-state index contributed by atoms with van der Waals surface area (Å²) in [5.41, 5.74) is 0.186. The molecule has 2 bridgehead atoms. The number of nitrogens with zero attached hydrogens (tertiary/aromatic N) is 1. The molecular weight excluding hydrogens is 344 g/mol. The summed E-state index contributed by atoms with van der Waals surface area (Å²) in [5, 5.41) is 3.24. The van der Waals surface area contributed by atoms with Crippen LogP contribution in [0.25, 0.3) is 0 Å². The molecule has 6 heteroatoms. The molecule has 27 heavy (non-hydrogen) atoms. The number of nitrogens with one attached hydrogen (secondary N) is 1. The molecule has 1 N–H and O–H groups in total. The van der Waals surface area contributed by atoms with E-state index in [0.717, 1.165) is 38.5 Å². The maximum atomic E-state index is 12.7. The number of amides is 2. The molecule has 1 aromatic heterocycles. The van der Waals surface area contributed by atoms with Gasteiger partial charge in [-0.2, -0.15) is 0 Å². The fourth-order valence-electron chi connectivity index (χ4n) is 5.99. The monoisotopic (exact) mass is 372 g/mol. The molecule has 1 aromatic rings. The third kappa shape index (κ3) is 2.64. The predicted octanol–water partition coefficient (Wildman–Crippen LogP) is 2.60. The standard InChI is InChI=1S/C21H28N2O4/c1-20(6-2-3-7-20)19(25)22-10-15-16-11-23(18(24)14-5-9-26-12-14)13-21(16)8-4-17(15)27-21/h5,9,12,15-17H,2-4,6-8,10-11,13H2,1H3,(H,22,25)/t15-,16+,17+,21+/m0/s1. The largest absolute Gasteiger partial charge is 0.472 e. The average Bonchev–Trinajstić information content (AvgIpc) is 3.45. The van der Waals surface area contributed by atoms with Crippen molar-refractivity contribution < 1.29 is 18.7 Å². The van der Waals surface area contributed by atoms with Crippen molar-refractivity contribution in [2.45, 2.75) is 57.2 Å². The second kappa shape index (κ2) is 6.09. The van der Waals surface area contributed by atoms with E-state index in [-0.39, 0.29) is 28.9 Å². The Hall–Kier alpha value is -1.82. The van der Waals surface area contributed by atoms with E-state index in [9.17, 15) is 9.59 Å². The summed E-state index contributed by atoms with van der Waals surface area (Å²) in [5.74, 6) is 0.820. The van der Waals surface area contributed by atoms with E-state index in [1.807, 2.05) is 4.90 Å². The number of carbonyl (C=O) groups excluding carboxylic acids is 2. The number of fused-ring (bicyclic) bond motifs is 1. The van der Waals surface area contributed by atoms with E-state index < -0.39 is 0 Å². The molecule has 4 heterocycles. The van der Waals surface area contributed by atoms with E-state index >= 15 is 0 Å². The Morgan fingerprint density at radius 2 is 2.11 bits per heavy atom. The summed E-state index contributed by atoms with van der Waals surface area (Å²) < 4.78 is 11.5. The Balaban J connectivity index is 1.27. The van der Waals surface area contributed by atoms with Gasteiger partial charge in [-0.1, -0.05) is 19.8 Å². The summed E-state index contributed by atoms with van der Waals surface area (Å²) in [6.07, 6.45) is 9.58. The van der Waals surface area contributed by atoms with Gasteiger partial charge in [0.25, 0.3) is 5.91 Å². The van der Waals surface area contributed by atoms with Crippen LogP contribution < -0.4 is 5.32 Å². The second-order valence-corrected chi connectivity index (χ2v) is 9.21. The van der Waals surface area contributed by atoms with Crippen LogP contribution in [0.1, 0.15) is 55.8 Å². The molecule has 0 unspecified atom stereocenters. The molecule has 6 nitrogen and oxygen atoms in total. The molecule has 0 aromatic carbocycles. The van der Waals surface area contributed by atoms with Crippen molar-refractivity contribution in [1.82, 2.24) is 10.2 Å². The summed E-state index contributed by atoms with van der Waals surface area (Å²) >= 11 is 0. The molecule has 1 aliphatic carbocycles. The van der Waals surface area contributed by atoms with Gasteiger partial charge in [-0.15, -0.1) is 0 Å². The lowest BCUT2D eigenvalue weighted by Crippen LogP contribution is -2.45. The number of furan rings is 1. The maximum absolute atomic E-state index is 12.7. The summed E-state index contributed by atoms with van der Waals surface area (Å²) in [6, 6.07) is 1.71. The van der Waals surface area contributed by atoms with Gasteiger partial charge < -0.3 is 19.4 Å². The minimum Gasteiger partial charge on any atom is -0.472 e. The first-order valence-electron chi connectivity index (χ1n) is 10.3. The molecule has 1 spiro atoms. The number of likely N-dealkylation sites (tertiary alicyclic amines) is 1. The van der Waals surface area contributed by atoms with Crippen LogP contribution in [0.3, 0.4) is 0 Å². The lowest BCUT2D eigenvalue weighted by Gasteiger charge is -2.30. The summed E-state index contributed by atoms with van der Waals surface area (Å²) in [7, 11) is 0. The van der Waals surface area contributed by atoms with Crippen molar-refractivity contribution in [2.24, 2.45) is 17.3 Å². The van der Waals surface area contributed by atoms with Crippen LogP contribution in [0.4, 0.5) is 0 Å². The molecule has 3 saturated heterocycles. The zero-order chi connectivity index (χ0) is 18.6. The van der Waals surface area contributed by atoms with Crippen molar-refractivity contribution in [3.05, 3.63) is 24.2 Å². The SMILES string of the molecule is CC1(C(=O)NC[C@H]2[C@H]3CN(C(=O)c4ccoc4)C[C@]34CC[C@H]2O4)CCCC1. The van der Waals surface area contributed by atoms with Gasteiger partial charge in [-0.05, 0) is 31.7 Å². The van der Waals surface area contributed by atoms with Crippen molar-refractivity contribution in [3.8, 4) is 0 Å². The van der Waals surface area contributed by atoms with E-state index in [0.29, 0.717) is 37.0 Å². The summed E-state index contributed by atoms with van der Waals surface area (Å²) in [6.45, 7) is 4.12. The minimum absolute atomic E-state index is 0.0147. The number of rotatable bonds is 4. The number of ether oxygens (including phenoxy) is 1.